The summed E-state index contributed by atoms with van der Waals surface area (Å²) < 4.78 is 0. The Hall–Kier alpha value is -1.81. The van der Waals surface area contributed by atoms with Crippen LogP contribution in [0.4, 0.5) is 17.5 Å². The molecule has 1 aromatic heterocycles. The van der Waals surface area contributed by atoms with Crippen molar-refractivity contribution >= 4 is 29.1 Å². The Morgan fingerprint density at radius 3 is 2.80 bits per heavy atom. The lowest BCUT2D eigenvalue weighted by molar-refractivity contribution is 0.825. The summed E-state index contributed by atoms with van der Waals surface area (Å²) in [6, 6.07) is 9.47. The summed E-state index contributed by atoms with van der Waals surface area (Å²) in [6.07, 6.45) is 2.25. The molecule has 0 aliphatic carbocycles. The summed E-state index contributed by atoms with van der Waals surface area (Å²) in [6.45, 7) is 5.00. The van der Waals surface area contributed by atoms with Crippen LogP contribution in [-0.4, -0.2) is 16.5 Å². The molecule has 0 saturated carbocycles. The van der Waals surface area contributed by atoms with Crippen LogP contribution in [0.25, 0.3) is 0 Å². The smallest absolute Gasteiger partial charge is 0.224 e. The van der Waals surface area contributed by atoms with E-state index in [9.17, 15) is 0 Å². The third-order valence-corrected chi connectivity index (χ3v) is 3.00. The SMILES string of the molecule is CCCCNc1nc(C)cc(Nc2cccc(Cl)c2)n1. The number of hydrogen-bond acceptors (Lipinski definition) is 4. The van der Waals surface area contributed by atoms with Crippen molar-refractivity contribution in [3.05, 3.63) is 41.0 Å². The standard InChI is InChI=1S/C15H19ClN4/c1-3-4-8-17-15-18-11(2)9-14(20-15)19-13-7-5-6-12(16)10-13/h5-7,9-10H,3-4,8H2,1-2H3,(H2,17,18,19,20). The molecule has 0 aliphatic rings. The van der Waals surface area contributed by atoms with Gasteiger partial charge in [0.05, 0.1) is 0 Å². The molecule has 0 radical (unpaired) electrons. The molecule has 0 spiro atoms. The van der Waals surface area contributed by atoms with Crippen molar-refractivity contribution in [3.63, 3.8) is 0 Å². The second kappa shape index (κ2) is 7.10. The van der Waals surface area contributed by atoms with E-state index in [1.165, 1.54) is 0 Å². The van der Waals surface area contributed by atoms with E-state index in [0.717, 1.165) is 36.6 Å². The van der Waals surface area contributed by atoms with Crippen molar-refractivity contribution in [3.8, 4) is 0 Å². The lowest BCUT2D eigenvalue weighted by Gasteiger charge is -2.10. The molecular formula is C15H19ClN4. The molecule has 0 saturated heterocycles. The van der Waals surface area contributed by atoms with E-state index in [4.69, 9.17) is 11.6 Å². The van der Waals surface area contributed by atoms with Gasteiger partial charge in [-0.2, -0.15) is 4.98 Å². The molecule has 0 aliphatic heterocycles. The van der Waals surface area contributed by atoms with E-state index in [1.807, 2.05) is 37.3 Å². The average molecular weight is 291 g/mol. The van der Waals surface area contributed by atoms with Gasteiger partial charge >= 0.3 is 0 Å². The molecule has 0 fully saturated rings. The largest absolute Gasteiger partial charge is 0.354 e. The van der Waals surface area contributed by atoms with Crippen LogP contribution in [-0.2, 0) is 0 Å². The Bertz CT molecular complexity index is 572. The monoisotopic (exact) mass is 290 g/mol. The Morgan fingerprint density at radius 1 is 1.20 bits per heavy atom. The van der Waals surface area contributed by atoms with E-state index < -0.39 is 0 Å². The van der Waals surface area contributed by atoms with E-state index in [0.29, 0.717) is 11.0 Å². The Balaban J connectivity index is 2.11. The summed E-state index contributed by atoms with van der Waals surface area (Å²) in [5.41, 5.74) is 1.83. The van der Waals surface area contributed by atoms with Crippen molar-refractivity contribution < 1.29 is 0 Å². The topological polar surface area (TPSA) is 49.8 Å². The maximum absolute atomic E-state index is 5.97. The Kier molecular flexibility index (Phi) is 5.18. The van der Waals surface area contributed by atoms with E-state index in [2.05, 4.69) is 27.5 Å². The van der Waals surface area contributed by atoms with Gasteiger partial charge in [0.15, 0.2) is 0 Å². The number of unbranched alkanes of at least 4 members (excludes halogenated alkanes) is 1. The molecule has 106 valence electrons. The minimum atomic E-state index is 0.656. The normalized spacial score (nSPS) is 10.3. The third kappa shape index (κ3) is 4.38. The number of rotatable bonds is 6. The van der Waals surface area contributed by atoms with Crippen LogP contribution in [0.1, 0.15) is 25.5 Å². The van der Waals surface area contributed by atoms with Crippen LogP contribution in [0.2, 0.25) is 5.02 Å². The van der Waals surface area contributed by atoms with Crippen molar-refractivity contribution in [2.75, 3.05) is 17.2 Å². The third-order valence-electron chi connectivity index (χ3n) is 2.76. The molecule has 4 nitrogen and oxygen atoms in total. The molecule has 20 heavy (non-hydrogen) atoms. The fraction of sp³-hybridized carbons (Fsp3) is 0.333. The zero-order chi connectivity index (χ0) is 14.4. The molecule has 2 N–H and O–H groups in total. The first kappa shape index (κ1) is 14.6. The van der Waals surface area contributed by atoms with Crippen LogP contribution in [0.3, 0.4) is 0 Å². The minimum Gasteiger partial charge on any atom is -0.354 e. The van der Waals surface area contributed by atoms with Gasteiger partial charge in [0, 0.05) is 29.0 Å². The number of nitrogens with one attached hydrogen (secondary N) is 2. The highest BCUT2D eigenvalue weighted by molar-refractivity contribution is 6.30. The molecule has 0 amide bonds. The van der Waals surface area contributed by atoms with E-state index in [1.54, 1.807) is 0 Å². The van der Waals surface area contributed by atoms with Gasteiger partial charge in [-0.1, -0.05) is 31.0 Å². The number of halogens is 1. The Morgan fingerprint density at radius 2 is 2.05 bits per heavy atom. The number of benzene rings is 1. The lowest BCUT2D eigenvalue weighted by Crippen LogP contribution is -2.07. The summed E-state index contributed by atoms with van der Waals surface area (Å²) in [4.78, 5) is 8.83. The lowest BCUT2D eigenvalue weighted by atomic mass is 10.3. The van der Waals surface area contributed by atoms with Crippen molar-refractivity contribution in [2.24, 2.45) is 0 Å². The first-order valence-electron chi connectivity index (χ1n) is 6.79. The zero-order valence-electron chi connectivity index (χ0n) is 11.8. The van der Waals surface area contributed by atoms with Crippen molar-refractivity contribution in [1.82, 2.24) is 9.97 Å². The van der Waals surface area contributed by atoms with Gasteiger partial charge in [-0.15, -0.1) is 0 Å². The first-order valence-corrected chi connectivity index (χ1v) is 7.17. The van der Waals surface area contributed by atoms with Gasteiger partial charge in [-0.3, -0.25) is 0 Å². The minimum absolute atomic E-state index is 0.656. The predicted octanol–water partition coefficient (Wildman–Crippen LogP) is 4.39. The quantitative estimate of drug-likeness (QED) is 0.775. The molecule has 0 atom stereocenters. The molecule has 1 aromatic carbocycles. The van der Waals surface area contributed by atoms with Gasteiger partial charge in [0.1, 0.15) is 5.82 Å². The fourth-order valence-electron chi connectivity index (χ4n) is 1.80. The van der Waals surface area contributed by atoms with Gasteiger partial charge in [-0.05, 0) is 31.5 Å². The molecule has 0 unspecified atom stereocenters. The van der Waals surface area contributed by atoms with Crippen LogP contribution in [0, 0.1) is 6.92 Å². The highest BCUT2D eigenvalue weighted by atomic mass is 35.5. The molecule has 5 heteroatoms. The second-order valence-electron chi connectivity index (χ2n) is 4.63. The fourth-order valence-corrected chi connectivity index (χ4v) is 1.99. The summed E-state index contributed by atoms with van der Waals surface area (Å²) in [7, 11) is 0. The van der Waals surface area contributed by atoms with Crippen molar-refractivity contribution in [1.29, 1.82) is 0 Å². The summed E-state index contributed by atoms with van der Waals surface area (Å²) in [5.74, 6) is 1.42. The predicted molar refractivity (Wildman–Crippen MR) is 84.9 cm³/mol. The number of hydrogen-bond donors (Lipinski definition) is 2. The number of aromatic nitrogens is 2. The molecule has 2 aromatic rings. The molecule has 0 bridgehead atoms. The van der Waals surface area contributed by atoms with Crippen molar-refractivity contribution in [2.45, 2.75) is 26.7 Å². The molecule has 2 rings (SSSR count). The van der Waals surface area contributed by atoms with Gasteiger partial charge in [-0.25, -0.2) is 4.98 Å². The second-order valence-corrected chi connectivity index (χ2v) is 5.07. The van der Waals surface area contributed by atoms with Gasteiger partial charge < -0.3 is 10.6 Å². The maximum Gasteiger partial charge on any atom is 0.224 e. The van der Waals surface area contributed by atoms with Gasteiger partial charge in [0.2, 0.25) is 5.95 Å². The maximum atomic E-state index is 5.97. The highest BCUT2D eigenvalue weighted by Gasteiger charge is 2.02. The van der Waals surface area contributed by atoms with Gasteiger partial charge in [0.25, 0.3) is 0 Å². The van der Waals surface area contributed by atoms with Crippen LogP contribution < -0.4 is 10.6 Å². The zero-order valence-corrected chi connectivity index (χ0v) is 12.5. The Labute approximate surface area is 124 Å². The first-order chi connectivity index (χ1) is 9.67. The molecule has 1 heterocycles. The molecular weight excluding hydrogens is 272 g/mol. The van der Waals surface area contributed by atoms with Crippen LogP contribution in [0.15, 0.2) is 30.3 Å². The van der Waals surface area contributed by atoms with Crippen LogP contribution in [0.5, 0.6) is 0 Å². The number of nitrogens with zero attached hydrogens (tertiary/aromatic N) is 2. The van der Waals surface area contributed by atoms with E-state index in [-0.39, 0.29) is 0 Å². The van der Waals surface area contributed by atoms with Crippen LogP contribution >= 0.6 is 11.6 Å². The van der Waals surface area contributed by atoms with E-state index >= 15 is 0 Å². The summed E-state index contributed by atoms with van der Waals surface area (Å²) >= 11 is 5.97. The summed E-state index contributed by atoms with van der Waals surface area (Å²) in [5, 5.41) is 7.17. The highest BCUT2D eigenvalue weighted by Crippen LogP contribution is 2.20. The number of anilines is 3. The average Bonchev–Trinajstić information content (AvgIpc) is 2.38. The number of aryl methyl sites for hydroxylation is 1.